The van der Waals surface area contributed by atoms with Gasteiger partial charge in [0.1, 0.15) is 0 Å². The smallest absolute Gasteiger partial charge is 0.176 e. The second-order valence-electron chi connectivity index (χ2n) is 8.59. The van der Waals surface area contributed by atoms with Crippen LogP contribution < -0.4 is 15.4 Å². The van der Waals surface area contributed by atoms with Gasteiger partial charge in [0.05, 0.1) is 28.9 Å². The van der Waals surface area contributed by atoms with Crippen molar-refractivity contribution in [3.8, 4) is 22.6 Å². The summed E-state index contributed by atoms with van der Waals surface area (Å²) in [5.41, 5.74) is 4.10. The number of hydrogen-bond donors (Lipinski definition) is 3. The highest BCUT2D eigenvalue weighted by atomic mass is 35.5. The largest absolute Gasteiger partial charge is 0.503 e. The molecule has 1 aromatic heterocycles. The van der Waals surface area contributed by atoms with Gasteiger partial charge in [-0.05, 0) is 74.2 Å². The van der Waals surface area contributed by atoms with Gasteiger partial charge < -0.3 is 20.5 Å². The Morgan fingerprint density at radius 1 is 1.16 bits per heavy atom. The number of nitrogens with zero attached hydrogens (tertiary/aromatic N) is 1. The van der Waals surface area contributed by atoms with Crippen molar-refractivity contribution in [3.05, 3.63) is 47.1 Å². The molecule has 2 aromatic carbocycles. The summed E-state index contributed by atoms with van der Waals surface area (Å²) in [6, 6.07) is 9.74. The van der Waals surface area contributed by atoms with Crippen molar-refractivity contribution < 1.29 is 14.6 Å². The maximum absolute atomic E-state index is 13.1. The van der Waals surface area contributed by atoms with Crippen molar-refractivity contribution in [2.45, 2.75) is 31.7 Å². The summed E-state index contributed by atoms with van der Waals surface area (Å²) in [7, 11) is 1.50. The van der Waals surface area contributed by atoms with Gasteiger partial charge in [-0.25, -0.2) is 0 Å². The fourth-order valence-electron chi connectivity index (χ4n) is 4.35. The van der Waals surface area contributed by atoms with Gasteiger partial charge in [-0.2, -0.15) is 0 Å². The maximum Gasteiger partial charge on any atom is 0.176 e. The normalized spacial score (nSPS) is 16.8. The Hall–Kier alpha value is -2.83. The number of halogens is 1. The predicted molar refractivity (Wildman–Crippen MR) is 127 cm³/mol. The first-order valence-electron chi connectivity index (χ1n) is 11.1. The molecular formula is C25H26ClN3O3. The zero-order valence-corrected chi connectivity index (χ0v) is 18.7. The lowest BCUT2D eigenvalue weighted by atomic mass is 9.97. The summed E-state index contributed by atoms with van der Waals surface area (Å²) in [6.07, 6.45) is 5.65. The lowest BCUT2D eigenvalue weighted by Gasteiger charge is -2.26. The van der Waals surface area contributed by atoms with Crippen LogP contribution >= 0.6 is 11.6 Å². The van der Waals surface area contributed by atoms with E-state index in [4.69, 9.17) is 16.3 Å². The third-order valence-electron chi connectivity index (χ3n) is 6.35. The number of piperidine rings is 1. The fraction of sp³-hybridized carbons (Fsp3) is 0.360. The number of ketones is 1. The number of aromatic hydroxyl groups is 1. The Balaban J connectivity index is 1.64. The zero-order chi connectivity index (χ0) is 22.2. The van der Waals surface area contributed by atoms with E-state index in [0.29, 0.717) is 17.4 Å². The number of pyridine rings is 1. The molecule has 1 aliphatic carbocycles. The number of carbonyl (C=O) groups excluding carboxylic acids is 1. The number of rotatable bonds is 6. The first-order valence-corrected chi connectivity index (χ1v) is 11.4. The van der Waals surface area contributed by atoms with E-state index in [2.05, 4.69) is 15.6 Å². The van der Waals surface area contributed by atoms with Crippen molar-refractivity contribution in [2.75, 3.05) is 25.5 Å². The van der Waals surface area contributed by atoms with Gasteiger partial charge >= 0.3 is 0 Å². The third kappa shape index (κ3) is 4.00. The monoisotopic (exact) mass is 451 g/mol. The van der Waals surface area contributed by atoms with E-state index < -0.39 is 0 Å². The van der Waals surface area contributed by atoms with Crippen molar-refractivity contribution in [2.24, 2.45) is 5.92 Å². The number of fused-ring (bicyclic) bond motifs is 1. The minimum atomic E-state index is -0.0778. The van der Waals surface area contributed by atoms with Crippen molar-refractivity contribution in [3.63, 3.8) is 0 Å². The number of hydrogen-bond acceptors (Lipinski definition) is 6. The molecule has 1 aliphatic heterocycles. The Labute approximate surface area is 191 Å². The van der Waals surface area contributed by atoms with Crippen LogP contribution in [0.4, 0.5) is 5.69 Å². The number of benzene rings is 2. The zero-order valence-electron chi connectivity index (χ0n) is 18.0. The molecule has 0 bridgehead atoms. The highest BCUT2D eigenvalue weighted by molar-refractivity contribution is 6.32. The summed E-state index contributed by atoms with van der Waals surface area (Å²) < 4.78 is 5.27. The Morgan fingerprint density at radius 2 is 1.94 bits per heavy atom. The molecule has 3 N–H and O–H groups in total. The lowest BCUT2D eigenvalue weighted by Crippen LogP contribution is -2.35. The molecule has 3 aromatic rings. The predicted octanol–water partition coefficient (Wildman–Crippen LogP) is 5.03. The molecule has 0 unspecified atom stereocenters. The van der Waals surface area contributed by atoms with Crippen LogP contribution in [0, 0.1) is 5.92 Å². The first kappa shape index (κ1) is 21.0. The van der Waals surface area contributed by atoms with Crippen LogP contribution in [0.1, 0.15) is 36.0 Å². The maximum atomic E-state index is 13.1. The van der Waals surface area contributed by atoms with Gasteiger partial charge in [-0.15, -0.1) is 0 Å². The summed E-state index contributed by atoms with van der Waals surface area (Å²) in [5, 5.41) is 18.3. The molecule has 2 fully saturated rings. The Kier molecular flexibility index (Phi) is 5.66. The van der Waals surface area contributed by atoms with E-state index in [1.807, 2.05) is 18.2 Å². The van der Waals surface area contributed by atoms with Crippen molar-refractivity contribution in [1.82, 2.24) is 10.3 Å². The van der Waals surface area contributed by atoms with E-state index in [0.717, 1.165) is 66.5 Å². The van der Waals surface area contributed by atoms with Gasteiger partial charge in [0, 0.05) is 23.5 Å². The van der Waals surface area contributed by atoms with Crippen LogP contribution in [0.25, 0.3) is 22.0 Å². The number of phenolic OH excluding ortho intramolecular Hbond substituents is 1. The minimum absolute atomic E-state index is 0.0778. The second kappa shape index (κ2) is 8.60. The molecule has 32 heavy (non-hydrogen) atoms. The molecule has 2 heterocycles. The first-order chi connectivity index (χ1) is 15.5. The number of aromatic nitrogens is 1. The molecule has 1 saturated carbocycles. The molecule has 1 saturated heterocycles. The summed E-state index contributed by atoms with van der Waals surface area (Å²) in [4.78, 5) is 17.7. The molecule has 166 valence electrons. The van der Waals surface area contributed by atoms with Crippen LogP contribution in [-0.2, 0) is 0 Å². The number of Topliss-reactive ketones (excluding diaryl/α,β-unsaturated/α-hetero) is 1. The number of anilines is 1. The van der Waals surface area contributed by atoms with Crippen molar-refractivity contribution >= 4 is 34.0 Å². The SMILES string of the molecule is COc1cc(-c2ccc3ncc(C(=O)C4CC4)c(NC4CCNCC4)c3c2)cc(Cl)c1O. The Morgan fingerprint density at radius 3 is 2.66 bits per heavy atom. The van der Waals surface area contributed by atoms with E-state index >= 15 is 0 Å². The van der Waals surface area contributed by atoms with E-state index in [1.165, 1.54) is 7.11 Å². The van der Waals surface area contributed by atoms with Crippen LogP contribution in [0.5, 0.6) is 11.5 Å². The number of methoxy groups -OCH3 is 1. The number of phenols is 1. The summed E-state index contributed by atoms with van der Waals surface area (Å²) in [6.45, 7) is 1.92. The quantitative estimate of drug-likeness (QED) is 0.456. The Bertz CT molecular complexity index is 1190. The van der Waals surface area contributed by atoms with Crippen LogP contribution in [-0.4, -0.2) is 42.1 Å². The molecule has 0 amide bonds. The van der Waals surface area contributed by atoms with Gasteiger partial charge in [-0.3, -0.25) is 9.78 Å². The number of nitrogens with one attached hydrogen (secondary N) is 2. The van der Waals surface area contributed by atoms with Gasteiger partial charge in [0.2, 0.25) is 0 Å². The van der Waals surface area contributed by atoms with E-state index in [9.17, 15) is 9.90 Å². The molecule has 7 heteroatoms. The molecule has 2 aliphatic rings. The number of carbonyl (C=O) groups is 1. The lowest BCUT2D eigenvalue weighted by molar-refractivity contribution is 0.0968. The molecule has 0 radical (unpaired) electrons. The number of ether oxygens (including phenoxy) is 1. The summed E-state index contributed by atoms with van der Waals surface area (Å²) in [5.74, 6) is 0.532. The topological polar surface area (TPSA) is 83.5 Å². The molecule has 6 nitrogen and oxygen atoms in total. The highest BCUT2D eigenvalue weighted by Crippen LogP contribution is 2.41. The van der Waals surface area contributed by atoms with Crippen molar-refractivity contribution in [1.29, 1.82) is 0 Å². The van der Waals surface area contributed by atoms with Crippen LogP contribution in [0.15, 0.2) is 36.5 Å². The summed E-state index contributed by atoms with van der Waals surface area (Å²) >= 11 is 6.23. The minimum Gasteiger partial charge on any atom is -0.503 e. The molecule has 0 spiro atoms. The highest BCUT2D eigenvalue weighted by Gasteiger charge is 2.33. The second-order valence-corrected chi connectivity index (χ2v) is 9.00. The van der Waals surface area contributed by atoms with Gasteiger partial charge in [-0.1, -0.05) is 17.7 Å². The fourth-order valence-corrected chi connectivity index (χ4v) is 4.56. The van der Waals surface area contributed by atoms with Crippen LogP contribution in [0.3, 0.4) is 0 Å². The average molecular weight is 452 g/mol. The molecule has 5 rings (SSSR count). The molecular weight excluding hydrogens is 426 g/mol. The standard InChI is InChI=1S/C25H26ClN3O3/c1-32-22-12-16(11-20(26)25(22)31)15-4-5-21-18(10-15)23(29-17-6-8-27-9-7-17)19(13-28-21)24(30)14-2-3-14/h4-5,10-14,17,27,31H,2-3,6-9H2,1H3,(H,28,29). The average Bonchev–Trinajstić information content (AvgIpc) is 3.66. The van der Waals surface area contributed by atoms with Gasteiger partial charge in [0.15, 0.2) is 17.3 Å². The third-order valence-corrected chi connectivity index (χ3v) is 6.64. The van der Waals surface area contributed by atoms with E-state index in [1.54, 1.807) is 18.3 Å². The van der Waals surface area contributed by atoms with Gasteiger partial charge in [0.25, 0.3) is 0 Å². The molecule has 0 atom stereocenters. The van der Waals surface area contributed by atoms with Crippen LogP contribution in [0.2, 0.25) is 5.02 Å². The van der Waals surface area contributed by atoms with E-state index in [-0.39, 0.29) is 22.5 Å².